The Balaban J connectivity index is 1.54. The Bertz CT molecular complexity index is 786. The van der Waals surface area contributed by atoms with Gasteiger partial charge in [0.1, 0.15) is 0 Å². The first-order chi connectivity index (χ1) is 13.9. The van der Waals surface area contributed by atoms with E-state index in [4.69, 9.17) is 5.73 Å². The lowest BCUT2D eigenvalue weighted by atomic mass is 9.88. The highest BCUT2D eigenvalue weighted by atomic mass is 32.2. The van der Waals surface area contributed by atoms with Crippen LogP contribution in [0.3, 0.4) is 0 Å². The van der Waals surface area contributed by atoms with Crippen LogP contribution in [0, 0.1) is 23.5 Å². The molecule has 8 heteroatoms. The summed E-state index contributed by atoms with van der Waals surface area (Å²) in [5.74, 6) is -0.922. The molecule has 0 aliphatic carbocycles. The summed E-state index contributed by atoms with van der Waals surface area (Å²) in [6.07, 6.45) is 6.66. The van der Waals surface area contributed by atoms with Crippen molar-refractivity contribution >= 4 is 22.8 Å². The third-order valence-electron chi connectivity index (χ3n) is 5.36. The number of halogens is 2. The molecule has 29 heavy (non-hydrogen) atoms. The number of rotatable bonds is 5. The maximum Gasteiger partial charge on any atom is 0.220 e. The normalized spacial score (nSPS) is 27.2. The number of aliphatic imine (C=N–C) groups is 1. The summed E-state index contributed by atoms with van der Waals surface area (Å²) >= 11 is 1.67. The molecule has 2 aliphatic heterocycles. The molecule has 0 saturated heterocycles. The van der Waals surface area contributed by atoms with E-state index in [-0.39, 0.29) is 5.91 Å². The maximum atomic E-state index is 13.4. The molecule has 4 unspecified atom stereocenters. The molecule has 0 bridgehead atoms. The Morgan fingerprint density at radius 1 is 1.38 bits per heavy atom. The van der Waals surface area contributed by atoms with E-state index in [1.54, 1.807) is 11.8 Å². The zero-order valence-electron chi connectivity index (χ0n) is 16.5. The third kappa shape index (κ3) is 6.27. The van der Waals surface area contributed by atoms with Crippen molar-refractivity contribution < 1.29 is 13.6 Å². The van der Waals surface area contributed by atoms with Gasteiger partial charge in [-0.1, -0.05) is 43.3 Å². The number of nitrogens with one attached hydrogen (secondary N) is 2. The van der Waals surface area contributed by atoms with Gasteiger partial charge in [-0.2, -0.15) is 0 Å². The molecule has 1 aromatic rings. The standard InChI is InChI=1S/C21H28F2N4OS/c1-2-13-8-15(4-3-7-25-20(28)11-13)18-12-26-21(29-18)27-19(24)10-14-5-6-16(22)17(23)9-14/h3-6,9,13,15,18-19H,2,7-8,10-12,24H2,1H3,(H,25,28)(H,26,27)/b4-3-. The monoisotopic (exact) mass is 422 g/mol. The van der Waals surface area contributed by atoms with Crippen molar-refractivity contribution in [1.29, 1.82) is 0 Å². The van der Waals surface area contributed by atoms with E-state index < -0.39 is 17.8 Å². The average molecular weight is 423 g/mol. The van der Waals surface area contributed by atoms with Crippen LogP contribution in [0.15, 0.2) is 35.3 Å². The molecule has 4 N–H and O–H groups in total. The van der Waals surface area contributed by atoms with Crippen LogP contribution in [0.2, 0.25) is 0 Å². The number of hydrogen-bond donors (Lipinski definition) is 3. The molecule has 158 valence electrons. The van der Waals surface area contributed by atoms with E-state index >= 15 is 0 Å². The molecular formula is C21H28F2N4OS. The van der Waals surface area contributed by atoms with Gasteiger partial charge in [0.05, 0.1) is 12.7 Å². The van der Waals surface area contributed by atoms with Crippen molar-refractivity contribution in [3.63, 3.8) is 0 Å². The summed E-state index contributed by atoms with van der Waals surface area (Å²) in [5, 5.41) is 7.19. The molecule has 0 spiro atoms. The number of nitrogens with two attached hydrogens (primary N) is 1. The minimum absolute atomic E-state index is 0.114. The van der Waals surface area contributed by atoms with Crippen LogP contribution in [0.5, 0.6) is 0 Å². The Labute approximate surface area is 174 Å². The summed E-state index contributed by atoms with van der Waals surface area (Å²) in [5.41, 5.74) is 6.77. The van der Waals surface area contributed by atoms with Crippen LogP contribution in [0.1, 0.15) is 31.7 Å². The molecule has 5 nitrogen and oxygen atoms in total. The Morgan fingerprint density at radius 3 is 2.97 bits per heavy atom. The van der Waals surface area contributed by atoms with Crippen molar-refractivity contribution in [2.75, 3.05) is 13.1 Å². The molecule has 0 radical (unpaired) electrons. The Morgan fingerprint density at radius 2 is 2.21 bits per heavy atom. The first-order valence-corrected chi connectivity index (χ1v) is 10.9. The smallest absolute Gasteiger partial charge is 0.220 e. The van der Waals surface area contributed by atoms with Crippen LogP contribution >= 0.6 is 11.8 Å². The lowest BCUT2D eigenvalue weighted by Gasteiger charge is -2.23. The molecular weight excluding hydrogens is 394 g/mol. The van der Waals surface area contributed by atoms with E-state index in [1.807, 2.05) is 6.08 Å². The van der Waals surface area contributed by atoms with Gasteiger partial charge < -0.3 is 16.4 Å². The van der Waals surface area contributed by atoms with Crippen LogP contribution in [-0.2, 0) is 11.2 Å². The van der Waals surface area contributed by atoms with Crippen LogP contribution in [0.4, 0.5) is 8.78 Å². The van der Waals surface area contributed by atoms with Crippen molar-refractivity contribution in [3.8, 4) is 0 Å². The molecule has 2 aliphatic rings. The van der Waals surface area contributed by atoms with E-state index in [0.29, 0.717) is 48.6 Å². The summed E-state index contributed by atoms with van der Waals surface area (Å²) < 4.78 is 26.4. The number of hydrogen-bond acceptors (Lipinski definition) is 5. The van der Waals surface area contributed by atoms with E-state index in [1.165, 1.54) is 12.1 Å². The highest BCUT2D eigenvalue weighted by molar-refractivity contribution is 8.14. The fourth-order valence-corrected chi connectivity index (χ4v) is 4.89. The first kappa shape index (κ1) is 21.8. The summed E-state index contributed by atoms with van der Waals surface area (Å²) in [6, 6.07) is 3.82. The first-order valence-electron chi connectivity index (χ1n) is 10.0. The second-order valence-electron chi connectivity index (χ2n) is 7.62. The zero-order chi connectivity index (χ0) is 20.8. The largest absolute Gasteiger partial charge is 0.353 e. The number of nitrogens with zero attached hydrogens (tertiary/aromatic N) is 1. The van der Waals surface area contributed by atoms with Crippen molar-refractivity contribution in [1.82, 2.24) is 10.6 Å². The number of amidine groups is 1. The van der Waals surface area contributed by atoms with Gasteiger partial charge in [-0.25, -0.2) is 8.78 Å². The molecule has 3 rings (SSSR count). The Hall–Kier alpha value is -1.93. The third-order valence-corrected chi connectivity index (χ3v) is 6.63. The summed E-state index contributed by atoms with van der Waals surface area (Å²) in [6.45, 7) is 3.38. The molecule has 0 fully saturated rings. The Kier molecular flexibility index (Phi) is 7.66. The van der Waals surface area contributed by atoms with Gasteiger partial charge in [-0.05, 0) is 36.0 Å². The molecule has 0 saturated carbocycles. The van der Waals surface area contributed by atoms with Gasteiger partial charge in [0.25, 0.3) is 0 Å². The minimum atomic E-state index is -0.868. The summed E-state index contributed by atoms with van der Waals surface area (Å²) in [7, 11) is 0. The second kappa shape index (κ2) is 10.2. The van der Waals surface area contributed by atoms with E-state index in [0.717, 1.165) is 24.1 Å². The number of carbonyl (C=O) groups is 1. The lowest BCUT2D eigenvalue weighted by molar-refractivity contribution is -0.121. The quantitative estimate of drug-likeness (QED) is 0.504. The number of allylic oxidation sites excluding steroid dienone is 1. The van der Waals surface area contributed by atoms with Crippen molar-refractivity contribution in [3.05, 3.63) is 47.5 Å². The van der Waals surface area contributed by atoms with Gasteiger partial charge in [-0.3, -0.25) is 9.79 Å². The number of carbonyl (C=O) groups excluding carboxylic acids is 1. The molecule has 1 amide bonds. The highest BCUT2D eigenvalue weighted by Crippen LogP contribution is 2.33. The maximum absolute atomic E-state index is 13.4. The number of amides is 1. The second-order valence-corrected chi connectivity index (χ2v) is 8.84. The predicted octanol–water partition coefficient (Wildman–Crippen LogP) is 2.96. The zero-order valence-corrected chi connectivity index (χ0v) is 17.4. The number of thioether (sulfide) groups is 1. The topological polar surface area (TPSA) is 79.5 Å². The fourth-order valence-electron chi connectivity index (χ4n) is 3.71. The van der Waals surface area contributed by atoms with Gasteiger partial charge in [0.15, 0.2) is 16.8 Å². The van der Waals surface area contributed by atoms with Crippen molar-refractivity contribution in [2.24, 2.45) is 22.6 Å². The van der Waals surface area contributed by atoms with Gasteiger partial charge in [0.2, 0.25) is 5.91 Å². The fraction of sp³-hybridized carbons (Fsp3) is 0.524. The SMILES string of the molecule is CCC1CC(=O)NC/C=C\C(C2CN=C(NC(N)Cc3ccc(F)c(F)c3)S2)C1. The van der Waals surface area contributed by atoms with Crippen LogP contribution in [-0.4, -0.2) is 35.6 Å². The molecule has 4 atom stereocenters. The number of benzene rings is 1. The van der Waals surface area contributed by atoms with Crippen LogP contribution < -0.4 is 16.4 Å². The average Bonchev–Trinajstić information content (AvgIpc) is 3.16. The molecule has 0 aromatic heterocycles. The molecule has 1 aromatic carbocycles. The molecule has 2 heterocycles. The van der Waals surface area contributed by atoms with Crippen molar-refractivity contribution in [2.45, 2.75) is 44.0 Å². The van der Waals surface area contributed by atoms with Gasteiger partial charge >= 0.3 is 0 Å². The van der Waals surface area contributed by atoms with Crippen LogP contribution in [0.25, 0.3) is 0 Å². The minimum Gasteiger partial charge on any atom is -0.353 e. The predicted molar refractivity (Wildman–Crippen MR) is 114 cm³/mol. The van der Waals surface area contributed by atoms with E-state index in [2.05, 4.69) is 28.6 Å². The lowest BCUT2D eigenvalue weighted by Crippen LogP contribution is -2.41. The van der Waals surface area contributed by atoms with Gasteiger partial charge in [0, 0.05) is 24.6 Å². The highest BCUT2D eigenvalue weighted by Gasteiger charge is 2.30. The van der Waals surface area contributed by atoms with E-state index in [9.17, 15) is 13.6 Å². The van der Waals surface area contributed by atoms with Gasteiger partial charge in [-0.15, -0.1) is 0 Å². The summed E-state index contributed by atoms with van der Waals surface area (Å²) in [4.78, 5) is 16.5.